The Labute approximate surface area is 125 Å². The lowest BCUT2D eigenvalue weighted by Gasteiger charge is -2.17. The molecule has 5 heteroatoms. The molecule has 0 unspecified atom stereocenters. The van der Waals surface area contributed by atoms with Crippen molar-refractivity contribution in [2.45, 2.75) is 26.9 Å². The monoisotopic (exact) mass is 290 g/mol. The molecule has 0 atom stereocenters. The molecule has 0 aliphatic heterocycles. The number of hydrogen-bond acceptors (Lipinski definition) is 3. The zero-order valence-electron chi connectivity index (χ0n) is 12.7. The third-order valence-electron chi connectivity index (χ3n) is 3.56. The van der Waals surface area contributed by atoms with Gasteiger partial charge in [-0.05, 0) is 30.8 Å². The zero-order chi connectivity index (χ0) is 15.1. The number of nitrogens with one attached hydrogen (secondary N) is 1. The van der Waals surface area contributed by atoms with Gasteiger partial charge in [0.15, 0.2) is 0 Å². The van der Waals surface area contributed by atoms with Crippen LogP contribution in [0.1, 0.15) is 19.4 Å². The Balaban J connectivity index is 1.83. The van der Waals surface area contributed by atoms with Gasteiger partial charge in [0.05, 0.1) is 18.4 Å². The van der Waals surface area contributed by atoms with Gasteiger partial charge in [-0.2, -0.15) is 5.10 Å². The molecule has 1 aromatic heterocycles. The Hall–Kier alpha value is -1.88. The maximum Gasteiger partial charge on any atom is 0.123 e. The Morgan fingerprint density at radius 3 is 2.81 bits per heavy atom. The molecule has 0 aliphatic rings. The van der Waals surface area contributed by atoms with Crippen LogP contribution in [0.2, 0.25) is 0 Å². The minimum absolute atomic E-state index is 0.204. The third kappa shape index (κ3) is 4.86. The molecule has 0 radical (unpaired) electrons. The summed E-state index contributed by atoms with van der Waals surface area (Å²) in [5.74, 6) is -0.204. The fourth-order valence-corrected chi connectivity index (χ4v) is 2.21. The van der Waals surface area contributed by atoms with E-state index < -0.39 is 0 Å². The van der Waals surface area contributed by atoms with Crippen LogP contribution in [-0.4, -0.2) is 34.3 Å². The van der Waals surface area contributed by atoms with E-state index in [9.17, 15) is 4.39 Å². The van der Waals surface area contributed by atoms with E-state index in [-0.39, 0.29) is 5.82 Å². The fraction of sp³-hybridized carbons (Fsp3) is 0.438. The Bertz CT molecular complexity index is 549. The van der Waals surface area contributed by atoms with E-state index in [0.717, 1.165) is 37.4 Å². The summed E-state index contributed by atoms with van der Waals surface area (Å²) in [7, 11) is 0. The first-order chi connectivity index (χ1) is 10.2. The van der Waals surface area contributed by atoms with Crippen LogP contribution in [0.3, 0.4) is 0 Å². The summed E-state index contributed by atoms with van der Waals surface area (Å²) >= 11 is 0. The van der Waals surface area contributed by atoms with Gasteiger partial charge < -0.3 is 10.2 Å². The average molecular weight is 290 g/mol. The van der Waals surface area contributed by atoms with Crippen LogP contribution in [0.15, 0.2) is 36.7 Å². The van der Waals surface area contributed by atoms with Crippen molar-refractivity contribution in [3.8, 4) is 0 Å². The molecule has 1 N–H and O–H groups in total. The smallest absolute Gasteiger partial charge is 0.123 e. The standard InChI is InChI=1S/C16H23FN4/c1-3-20(4-2)8-9-21-13-16(12-19-21)18-11-14-6-5-7-15(17)10-14/h5-7,10,12-13,18H,3-4,8-9,11H2,1-2H3. The molecule has 1 aromatic carbocycles. The number of halogens is 1. The van der Waals surface area contributed by atoms with Gasteiger partial charge in [0.2, 0.25) is 0 Å². The predicted molar refractivity (Wildman–Crippen MR) is 83.7 cm³/mol. The Kier molecular flexibility index (Phi) is 5.75. The molecule has 1 heterocycles. The molecule has 0 saturated carbocycles. The van der Waals surface area contributed by atoms with Gasteiger partial charge in [-0.3, -0.25) is 4.68 Å². The second-order valence-corrected chi connectivity index (χ2v) is 5.00. The molecule has 0 aliphatic carbocycles. The van der Waals surface area contributed by atoms with E-state index >= 15 is 0 Å². The number of aromatic nitrogens is 2. The topological polar surface area (TPSA) is 33.1 Å². The summed E-state index contributed by atoms with van der Waals surface area (Å²) in [5, 5.41) is 7.60. The molecule has 114 valence electrons. The summed E-state index contributed by atoms with van der Waals surface area (Å²) in [6.45, 7) is 8.92. The van der Waals surface area contributed by atoms with Crippen LogP contribution in [0, 0.1) is 5.82 Å². The molecule has 4 nitrogen and oxygen atoms in total. The first-order valence-corrected chi connectivity index (χ1v) is 7.44. The zero-order valence-corrected chi connectivity index (χ0v) is 12.7. The van der Waals surface area contributed by atoms with Crippen LogP contribution in [-0.2, 0) is 13.1 Å². The number of anilines is 1. The van der Waals surface area contributed by atoms with Crippen molar-refractivity contribution in [1.82, 2.24) is 14.7 Å². The highest BCUT2D eigenvalue weighted by Gasteiger charge is 2.02. The van der Waals surface area contributed by atoms with Crippen LogP contribution < -0.4 is 5.32 Å². The molecule has 0 fully saturated rings. The number of rotatable bonds is 8. The van der Waals surface area contributed by atoms with E-state index in [1.165, 1.54) is 12.1 Å². The van der Waals surface area contributed by atoms with Crippen molar-refractivity contribution in [2.75, 3.05) is 25.0 Å². The molecule has 0 bridgehead atoms. The van der Waals surface area contributed by atoms with Gasteiger partial charge in [0.1, 0.15) is 5.82 Å². The van der Waals surface area contributed by atoms with Gasteiger partial charge in [0.25, 0.3) is 0 Å². The number of benzene rings is 1. The van der Waals surface area contributed by atoms with Gasteiger partial charge in [-0.25, -0.2) is 4.39 Å². The van der Waals surface area contributed by atoms with E-state index in [4.69, 9.17) is 0 Å². The number of nitrogens with zero attached hydrogens (tertiary/aromatic N) is 3. The van der Waals surface area contributed by atoms with Crippen LogP contribution in [0.25, 0.3) is 0 Å². The van der Waals surface area contributed by atoms with Crippen molar-refractivity contribution < 1.29 is 4.39 Å². The fourth-order valence-electron chi connectivity index (χ4n) is 2.21. The molecular weight excluding hydrogens is 267 g/mol. The first-order valence-electron chi connectivity index (χ1n) is 7.44. The average Bonchev–Trinajstić information content (AvgIpc) is 2.94. The minimum Gasteiger partial charge on any atom is -0.378 e. The maximum atomic E-state index is 13.1. The van der Waals surface area contributed by atoms with E-state index in [1.807, 2.05) is 23.1 Å². The van der Waals surface area contributed by atoms with Gasteiger partial charge in [0, 0.05) is 19.3 Å². The van der Waals surface area contributed by atoms with Crippen molar-refractivity contribution in [1.29, 1.82) is 0 Å². The van der Waals surface area contributed by atoms with Crippen LogP contribution >= 0.6 is 0 Å². The summed E-state index contributed by atoms with van der Waals surface area (Å²) in [6, 6.07) is 6.62. The van der Waals surface area contributed by atoms with E-state index in [0.29, 0.717) is 6.54 Å². The molecular formula is C16H23FN4. The highest BCUT2D eigenvalue weighted by molar-refractivity contribution is 5.39. The van der Waals surface area contributed by atoms with Gasteiger partial charge in [-0.1, -0.05) is 26.0 Å². The number of hydrogen-bond donors (Lipinski definition) is 1. The highest BCUT2D eigenvalue weighted by Crippen LogP contribution is 2.09. The van der Waals surface area contributed by atoms with E-state index in [1.54, 1.807) is 6.07 Å². The van der Waals surface area contributed by atoms with Crippen molar-refractivity contribution in [3.05, 3.63) is 48.0 Å². The quantitative estimate of drug-likeness (QED) is 0.811. The summed E-state index contributed by atoms with van der Waals surface area (Å²) in [6.07, 6.45) is 3.80. The van der Waals surface area contributed by atoms with Crippen molar-refractivity contribution in [3.63, 3.8) is 0 Å². The van der Waals surface area contributed by atoms with Crippen molar-refractivity contribution >= 4 is 5.69 Å². The first kappa shape index (κ1) is 15.5. The third-order valence-corrected chi connectivity index (χ3v) is 3.56. The SMILES string of the molecule is CCN(CC)CCn1cc(NCc2cccc(F)c2)cn1. The van der Waals surface area contributed by atoms with E-state index in [2.05, 4.69) is 29.2 Å². The second-order valence-electron chi connectivity index (χ2n) is 5.00. The number of likely N-dealkylation sites (N-methyl/N-ethyl adjacent to an activating group) is 1. The lowest BCUT2D eigenvalue weighted by Crippen LogP contribution is -2.27. The summed E-state index contributed by atoms with van der Waals surface area (Å²) < 4.78 is 15.0. The van der Waals surface area contributed by atoms with Gasteiger partial charge in [-0.15, -0.1) is 0 Å². The van der Waals surface area contributed by atoms with Gasteiger partial charge >= 0.3 is 0 Å². The lowest BCUT2D eigenvalue weighted by molar-refractivity contribution is 0.285. The lowest BCUT2D eigenvalue weighted by atomic mass is 10.2. The molecule has 2 rings (SSSR count). The maximum absolute atomic E-state index is 13.1. The molecule has 0 saturated heterocycles. The summed E-state index contributed by atoms with van der Waals surface area (Å²) in [5.41, 5.74) is 1.88. The Morgan fingerprint density at radius 1 is 1.29 bits per heavy atom. The minimum atomic E-state index is -0.204. The summed E-state index contributed by atoms with van der Waals surface area (Å²) in [4.78, 5) is 2.36. The largest absolute Gasteiger partial charge is 0.378 e. The van der Waals surface area contributed by atoms with Crippen LogP contribution in [0.5, 0.6) is 0 Å². The highest BCUT2D eigenvalue weighted by atomic mass is 19.1. The van der Waals surface area contributed by atoms with Crippen LogP contribution in [0.4, 0.5) is 10.1 Å². The Morgan fingerprint density at radius 2 is 2.10 bits per heavy atom. The predicted octanol–water partition coefficient (Wildman–Crippen LogP) is 2.98. The van der Waals surface area contributed by atoms with Crippen molar-refractivity contribution in [2.24, 2.45) is 0 Å². The molecule has 2 aromatic rings. The molecule has 0 spiro atoms. The second kappa shape index (κ2) is 7.78. The molecule has 0 amide bonds. The normalized spacial score (nSPS) is 11.0. The molecule has 21 heavy (non-hydrogen) atoms.